The van der Waals surface area contributed by atoms with Gasteiger partial charge in [-0.3, -0.25) is 9.69 Å². The van der Waals surface area contributed by atoms with Crippen LogP contribution < -0.4 is 0 Å². The number of rotatable bonds is 9. The second-order valence-electron chi connectivity index (χ2n) is 9.01. The maximum Gasteiger partial charge on any atom is 0.307 e. The van der Waals surface area contributed by atoms with Crippen LogP contribution in [0.25, 0.3) is 11.1 Å². The highest BCUT2D eigenvalue weighted by molar-refractivity contribution is 7.08. The van der Waals surface area contributed by atoms with E-state index in [2.05, 4.69) is 77.1 Å². The number of thiophene rings is 1. The van der Waals surface area contributed by atoms with Crippen molar-refractivity contribution in [1.29, 1.82) is 0 Å². The molecule has 3 aromatic rings. The molecule has 0 bridgehead atoms. The van der Waals surface area contributed by atoms with Gasteiger partial charge < -0.3 is 9.94 Å². The Balaban J connectivity index is 1.37. The van der Waals surface area contributed by atoms with Gasteiger partial charge >= 0.3 is 5.97 Å². The van der Waals surface area contributed by atoms with Gasteiger partial charge in [0.15, 0.2) is 0 Å². The van der Waals surface area contributed by atoms with Crippen molar-refractivity contribution in [2.24, 2.45) is 11.1 Å². The van der Waals surface area contributed by atoms with Gasteiger partial charge in [-0.25, -0.2) is 0 Å². The van der Waals surface area contributed by atoms with Crippen molar-refractivity contribution in [1.82, 2.24) is 4.90 Å². The van der Waals surface area contributed by atoms with Crippen LogP contribution in [-0.4, -0.2) is 34.8 Å². The summed E-state index contributed by atoms with van der Waals surface area (Å²) in [4.78, 5) is 19.2. The number of benzene rings is 2. The van der Waals surface area contributed by atoms with E-state index in [1.54, 1.807) is 11.3 Å². The molecule has 2 aromatic carbocycles. The third-order valence-electron chi connectivity index (χ3n) is 6.58. The summed E-state index contributed by atoms with van der Waals surface area (Å²) < 4.78 is 0. The van der Waals surface area contributed by atoms with E-state index in [0.29, 0.717) is 13.2 Å². The molecule has 1 saturated heterocycles. The van der Waals surface area contributed by atoms with Crippen molar-refractivity contribution in [3.8, 4) is 11.1 Å². The van der Waals surface area contributed by atoms with E-state index < -0.39 is 5.97 Å². The van der Waals surface area contributed by atoms with Gasteiger partial charge in [-0.05, 0) is 95.1 Å². The van der Waals surface area contributed by atoms with Crippen LogP contribution in [0.2, 0.25) is 0 Å². The third kappa shape index (κ3) is 5.75. The highest BCUT2D eigenvalue weighted by Crippen LogP contribution is 2.26. The van der Waals surface area contributed by atoms with Gasteiger partial charge in [-0.2, -0.15) is 11.3 Å². The maximum atomic E-state index is 11.2. The molecule has 34 heavy (non-hydrogen) atoms. The lowest BCUT2D eigenvalue weighted by Gasteiger charge is -2.18. The predicted molar refractivity (Wildman–Crippen MR) is 138 cm³/mol. The number of nitrogens with zero attached hydrogens (tertiary/aromatic N) is 2. The quantitative estimate of drug-likeness (QED) is 0.298. The number of hydrogen-bond acceptors (Lipinski definition) is 5. The first-order valence-corrected chi connectivity index (χ1v) is 12.7. The molecule has 178 valence electrons. The van der Waals surface area contributed by atoms with Gasteiger partial charge in [0.2, 0.25) is 0 Å². The summed E-state index contributed by atoms with van der Waals surface area (Å²) in [5, 5.41) is 17.9. The molecule has 1 N–H and O–H groups in total. The summed E-state index contributed by atoms with van der Waals surface area (Å²) in [5.74, 6) is -0.930. The Bertz CT molecular complexity index is 1170. The molecular weight excluding hydrogens is 444 g/mol. The molecule has 0 radical (unpaired) electrons. The first kappa shape index (κ1) is 24.2. The molecule has 0 aliphatic carbocycles. The summed E-state index contributed by atoms with van der Waals surface area (Å²) in [6, 6.07) is 15.0. The Hall–Kier alpha value is -2.96. The van der Waals surface area contributed by atoms with Gasteiger partial charge in [-0.1, -0.05) is 42.4 Å². The molecule has 4 rings (SSSR count). The normalized spacial score (nSPS) is 16.7. The zero-order chi connectivity index (χ0) is 24.1. The highest BCUT2D eigenvalue weighted by Gasteiger charge is 2.28. The van der Waals surface area contributed by atoms with Gasteiger partial charge in [0.05, 0.1) is 11.6 Å². The molecule has 0 amide bonds. The van der Waals surface area contributed by atoms with Gasteiger partial charge in [0.1, 0.15) is 6.61 Å². The smallest absolute Gasteiger partial charge is 0.307 e. The number of aryl methyl sites for hydroxylation is 2. The van der Waals surface area contributed by atoms with Gasteiger partial charge in [-0.15, -0.1) is 0 Å². The average Bonchev–Trinajstić information content (AvgIpc) is 3.52. The topological polar surface area (TPSA) is 62.1 Å². The van der Waals surface area contributed by atoms with Crippen LogP contribution in [-0.2, 0) is 29.2 Å². The molecule has 5 nitrogen and oxygen atoms in total. The number of carboxylic acids is 1. The fourth-order valence-electron chi connectivity index (χ4n) is 4.57. The van der Waals surface area contributed by atoms with E-state index in [1.807, 2.05) is 6.92 Å². The Kier molecular flexibility index (Phi) is 7.80. The van der Waals surface area contributed by atoms with E-state index in [-0.39, 0.29) is 5.92 Å². The SMILES string of the molecule is CCc1cc(C(C)=NOCc2ccc(-c3ccsc3)c(C)c2)ccc1CN1CCC(C(=O)O)C1. The van der Waals surface area contributed by atoms with Crippen molar-refractivity contribution in [3.63, 3.8) is 0 Å². The number of aliphatic carboxylic acids is 1. The standard InChI is InChI=1S/C28H32N2O3S/c1-4-22-14-23(6-7-24(22)15-30-11-9-25(16-30)28(31)32)20(3)29-33-17-21-5-8-27(19(2)13-21)26-10-12-34-18-26/h5-8,10,12-14,18,25H,4,9,11,15-17H2,1-3H3,(H,31,32). The fourth-order valence-corrected chi connectivity index (χ4v) is 5.22. The van der Waals surface area contributed by atoms with Crippen LogP contribution >= 0.6 is 11.3 Å². The summed E-state index contributed by atoms with van der Waals surface area (Å²) in [7, 11) is 0. The molecule has 1 aliphatic rings. The summed E-state index contributed by atoms with van der Waals surface area (Å²) in [6.45, 7) is 8.94. The third-order valence-corrected chi connectivity index (χ3v) is 7.26. The summed E-state index contributed by atoms with van der Waals surface area (Å²) >= 11 is 1.71. The first-order chi connectivity index (χ1) is 16.4. The maximum absolute atomic E-state index is 11.2. The first-order valence-electron chi connectivity index (χ1n) is 11.8. The molecular formula is C28H32N2O3S. The predicted octanol–water partition coefficient (Wildman–Crippen LogP) is 6.13. The molecule has 2 heterocycles. The lowest BCUT2D eigenvalue weighted by molar-refractivity contribution is -0.141. The van der Waals surface area contributed by atoms with Gasteiger partial charge in [0.25, 0.3) is 0 Å². The van der Waals surface area contributed by atoms with E-state index in [4.69, 9.17) is 4.84 Å². The zero-order valence-electron chi connectivity index (χ0n) is 20.1. The van der Waals surface area contributed by atoms with E-state index in [9.17, 15) is 9.90 Å². The van der Waals surface area contributed by atoms with Crippen LogP contribution in [0.3, 0.4) is 0 Å². The summed E-state index contributed by atoms with van der Waals surface area (Å²) in [6.07, 6.45) is 1.65. The van der Waals surface area contributed by atoms with E-state index in [0.717, 1.165) is 42.8 Å². The second kappa shape index (κ2) is 11.0. The minimum Gasteiger partial charge on any atom is -0.481 e. The van der Waals surface area contributed by atoms with Crippen LogP contribution in [0.5, 0.6) is 0 Å². The number of oxime groups is 1. The van der Waals surface area contributed by atoms with Crippen LogP contribution in [0.15, 0.2) is 58.4 Å². The van der Waals surface area contributed by atoms with Crippen molar-refractivity contribution in [2.45, 2.75) is 46.8 Å². The Morgan fingerprint density at radius 1 is 1.21 bits per heavy atom. The molecule has 1 unspecified atom stereocenters. The average molecular weight is 477 g/mol. The minimum atomic E-state index is -0.686. The van der Waals surface area contributed by atoms with Crippen molar-refractivity contribution in [2.75, 3.05) is 13.1 Å². The van der Waals surface area contributed by atoms with Crippen LogP contribution in [0.1, 0.15) is 48.1 Å². The number of carboxylic acid groups (broad SMARTS) is 1. The molecule has 0 spiro atoms. The lowest BCUT2D eigenvalue weighted by atomic mass is 9.99. The lowest BCUT2D eigenvalue weighted by Crippen LogP contribution is -2.23. The number of hydrogen-bond donors (Lipinski definition) is 1. The highest BCUT2D eigenvalue weighted by atomic mass is 32.1. The van der Waals surface area contributed by atoms with Crippen molar-refractivity contribution in [3.05, 3.63) is 81.0 Å². The zero-order valence-corrected chi connectivity index (χ0v) is 20.9. The molecule has 1 aliphatic heterocycles. The number of carbonyl (C=O) groups is 1. The molecule has 1 aromatic heterocycles. The van der Waals surface area contributed by atoms with Crippen molar-refractivity contribution < 1.29 is 14.7 Å². The molecule has 6 heteroatoms. The Labute approximate surface area is 205 Å². The second-order valence-corrected chi connectivity index (χ2v) is 9.79. The van der Waals surface area contributed by atoms with Gasteiger partial charge in [0, 0.05) is 13.1 Å². The van der Waals surface area contributed by atoms with Crippen molar-refractivity contribution >= 4 is 23.0 Å². The Morgan fingerprint density at radius 3 is 2.74 bits per heavy atom. The minimum absolute atomic E-state index is 0.244. The monoisotopic (exact) mass is 476 g/mol. The van der Waals surface area contributed by atoms with Crippen LogP contribution in [0.4, 0.5) is 0 Å². The molecule has 0 saturated carbocycles. The van der Waals surface area contributed by atoms with Crippen LogP contribution in [0, 0.1) is 12.8 Å². The number of likely N-dealkylation sites (tertiary alicyclic amines) is 1. The van der Waals surface area contributed by atoms with E-state index >= 15 is 0 Å². The summed E-state index contributed by atoms with van der Waals surface area (Å²) in [5.41, 5.74) is 9.26. The van der Waals surface area contributed by atoms with E-state index in [1.165, 1.54) is 27.8 Å². The molecule has 1 fully saturated rings. The largest absolute Gasteiger partial charge is 0.481 e. The molecule has 1 atom stereocenters. The Morgan fingerprint density at radius 2 is 2.06 bits per heavy atom. The fraction of sp³-hybridized carbons (Fsp3) is 0.357.